The van der Waals surface area contributed by atoms with Crippen molar-refractivity contribution in [2.75, 3.05) is 39.5 Å². The monoisotopic (exact) mass is 489 g/mol. The van der Waals surface area contributed by atoms with Gasteiger partial charge in [-0.25, -0.2) is 9.97 Å². The van der Waals surface area contributed by atoms with Gasteiger partial charge in [0.2, 0.25) is 0 Å². The molecule has 0 bridgehead atoms. The number of β-amino-alcohol motifs (C(OH)–C–C–N with tert-alkyl or cyclic N) is 1. The molecule has 0 spiro atoms. The number of aliphatic hydroxyl groups excluding tert-OH is 1. The highest BCUT2D eigenvalue weighted by atomic mass is 35.5. The lowest BCUT2D eigenvalue weighted by molar-refractivity contribution is 0.00463. The summed E-state index contributed by atoms with van der Waals surface area (Å²) in [6, 6.07) is 17.4. The molecule has 0 aliphatic carbocycles. The van der Waals surface area contributed by atoms with Crippen molar-refractivity contribution in [2.45, 2.75) is 6.10 Å². The number of hydrogen-bond donors (Lipinski definition) is 1. The average molecular weight is 490 g/mol. The summed E-state index contributed by atoms with van der Waals surface area (Å²) >= 11 is 6.49. The van der Waals surface area contributed by atoms with Gasteiger partial charge in [0.25, 0.3) is 0 Å². The normalized spacial score (nSPS) is 15.1. The van der Waals surface area contributed by atoms with E-state index in [1.807, 2.05) is 47.2 Å². The van der Waals surface area contributed by atoms with Crippen LogP contribution < -0.4 is 4.74 Å². The molecule has 2 aromatic carbocycles. The van der Waals surface area contributed by atoms with Crippen molar-refractivity contribution in [3.63, 3.8) is 0 Å². The molecule has 1 saturated heterocycles. The van der Waals surface area contributed by atoms with E-state index in [9.17, 15) is 10.4 Å². The van der Waals surface area contributed by atoms with Gasteiger partial charge in [0.05, 0.1) is 24.2 Å². The van der Waals surface area contributed by atoms with Crippen molar-refractivity contribution in [1.29, 1.82) is 5.26 Å². The SMILES string of the molecule is N#Cc1cc(-c2cn(-c3ccccc3)c3ncnc(Cl)c23)ccc1OCC(O)CN1CCOCC1. The van der Waals surface area contributed by atoms with Crippen molar-refractivity contribution in [3.8, 4) is 28.6 Å². The predicted octanol–water partition coefficient (Wildman–Crippen LogP) is 3.68. The van der Waals surface area contributed by atoms with Crippen LogP contribution in [0, 0.1) is 11.3 Å². The molecule has 178 valence electrons. The largest absolute Gasteiger partial charge is 0.489 e. The number of fused-ring (bicyclic) bond motifs is 1. The van der Waals surface area contributed by atoms with Gasteiger partial charge in [0, 0.05) is 37.1 Å². The van der Waals surface area contributed by atoms with Crippen molar-refractivity contribution in [2.24, 2.45) is 0 Å². The Labute approximate surface area is 207 Å². The van der Waals surface area contributed by atoms with Crippen LogP contribution in [-0.4, -0.2) is 70.1 Å². The number of nitrogens with zero attached hydrogens (tertiary/aromatic N) is 5. The highest BCUT2D eigenvalue weighted by Gasteiger charge is 2.19. The number of nitriles is 1. The third kappa shape index (κ3) is 4.99. The van der Waals surface area contributed by atoms with E-state index in [1.54, 1.807) is 12.1 Å². The average Bonchev–Trinajstić information content (AvgIpc) is 3.29. The Morgan fingerprint density at radius 2 is 1.94 bits per heavy atom. The number of aromatic nitrogens is 3. The van der Waals surface area contributed by atoms with Gasteiger partial charge < -0.3 is 19.1 Å². The minimum Gasteiger partial charge on any atom is -0.489 e. The second kappa shape index (κ2) is 10.4. The number of morpholine rings is 1. The Bertz CT molecular complexity index is 1360. The molecule has 8 nitrogen and oxygen atoms in total. The van der Waals surface area contributed by atoms with Crippen LogP contribution in [0.4, 0.5) is 0 Å². The van der Waals surface area contributed by atoms with E-state index in [2.05, 4.69) is 20.9 Å². The standard InChI is InChI=1S/C26H24ClN5O3/c27-25-24-22(15-32(26(24)30-17-29-25)20-4-2-1-3-5-20)18-6-7-23(19(12-18)13-28)35-16-21(33)14-31-8-10-34-11-9-31/h1-7,12,15,17,21,33H,8-11,14,16H2. The van der Waals surface area contributed by atoms with Crippen LogP contribution in [0.3, 0.4) is 0 Å². The lowest BCUT2D eigenvalue weighted by Gasteiger charge is -2.28. The number of hydrogen-bond acceptors (Lipinski definition) is 7. The van der Waals surface area contributed by atoms with Crippen molar-refractivity contribution < 1.29 is 14.6 Å². The first-order valence-electron chi connectivity index (χ1n) is 11.4. The van der Waals surface area contributed by atoms with Gasteiger partial charge >= 0.3 is 0 Å². The van der Waals surface area contributed by atoms with Crippen LogP contribution in [0.25, 0.3) is 27.8 Å². The summed E-state index contributed by atoms with van der Waals surface area (Å²) in [7, 11) is 0. The molecule has 9 heteroatoms. The molecule has 1 aliphatic rings. The molecule has 1 N–H and O–H groups in total. The van der Waals surface area contributed by atoms with Crippen LogP contribution in [-0.2, 0) is 4.74 Å². The topological polar surface area (TPSA) is 96.4 Å². The zero-order valence-corrected chi connectivity index (χ0v) is 19.7. The first-order valence-corrected chi connectivity index (χ1v) is 11.7. The molecule has 35 heavy (non-hydrogen) atoms. The predicted molar refractivity (Wildman–Crippen MR) is 133 cm³/mol. The lowest BCUT2D eigenvalue weighted by Crippen LogP contribution is -2.42. The van der Waals surface area contributed by atoms with Crippen LogP contribution in [0.1, 0.15) is 5.56 Å². The second-order valence-corrected chi connectivity index (χ2v) is 8.67. The molecule has 0 saturated carbocycles. The maximum absolute atomic E-state index is 10.4. The summed E-state index contributed by atoms with van der Waals surface area (Å²) in [5.74, 6) is 0.423. The number of rotatable bonds is 7. The van der Waals surface area contributed by atoms with Gasteiger partial charge in [-0.15, -0.1) is 0 Å². The van der Waals surface area contributed by atoms with Gasteiger partial charge in [0.1, 0.15) is 41.7 Å². The van der Waals surface area contributed by atoms with Gasteiger partial charge in [-0.3, -0.25) is 4.90 Å². The fraction of sp³-hybridized carbons (Fsp3) is 0.269. The molecule has 1 unspecified atom stereocenters. The molecule has 0 radical (unpaired) electrons. The molecule has 3 heterocycles. The van der Waals surface area contributed by atoms with Crippen LogP contribution in [0.2, 0.25) is 5.15 Å². The fourth-order valence-electron chi connectivity index (χ4n) is 4.26. The molecular weight excluding hydrogens is 466 g/mol. The third-order valence-corrected chi connectivity index (χ3v) is 6.27. The summed E-state index contributed by atoms with van der Waals surface area (Å²) in [5, 5.41) is 21.2. The molecular formula is C26H24ClN5O3. The third-order valence-electron chi connectivity index (χ3n) is 5.99. The van der Waals surface area contributed by atoms with Crippen LogP contribution in [0.5, 0.6) is 5.75 Å². The highest BCUT2D eigenvalue weighted by molar-refractivity contribution is 6.35. The summed E-state index contributed by atoms with van der Waals surface area (Å²) in [6.45, 7) is 3.52. The molecule has 2 aromatic heterocycles. The Kier molecular flexibility index (Phi) is 6.93. The Morgan fingerprint density at radius 1 is 1.14 bits per heavy atom. The van der Waals surface area contributed by atoms with E-state index in [0.717, 1.165) is 29.9 Å². The molecule has 4 aromatic rings. The molecule has 0 amide bonds. The van der Waals surface area contributed by atoms with E-state index in [0.29, 0.717) is 47.3 Å². The zero-order chi connectivity index (χ0) is 24.2. The number of halogens is 1. The van der Waals surface area contributed by atoms with Crippen molar-refractivity contribution >= 4 is 22.6 Å². The fourth-order valence-corrected chi connectivity index (χ4v) is 4.49. The maximum Gasteiger partial charge on any atom is 0.150 e. The van der Waals surface area contributed by atoms with Gasteiger partial charge in [-0.05, 0) is 29.8 Å². The van der Waals surface area contributed by atoms with E-state index in [-0.39, 0.29) is 6.61 Å². The van der Waals surface area contributed by atoms with Crippen molar-refractivity contribution in [1.82, 2.24) is 19.4 Å². The minimum atomic E-state index is -0.667. The first kappa shape index (κ1) is 23.3. The van der Waals surface area contributed by atoms with Crippen molar-refractivity contribution in [3.05, 3.63) is 71.8 Å². The second-order valence-electron chi connectivity index (χ2n) is 8.31. The Hall–Kier alpha value is -3.48. The number of benzene rings is 2. The zero-order valence-electron chi connectivity index (χ0n) is 19.0. The first-order chi connectivity index (χ1) is 17.1. The molecule has 1 aliphatic heterocycles. The Morgan fingerprint density at radius 3 is 2.71 bits per heavy atom. The summed E-state index contributed by atoms with van der Waals surface area (Å²) in [4.78, 5) is 10.8. The number of aliphatic hydroxyl groups is 1. The molecule has 5 rings (SSSR count). The summed E-state index contributed by atoms with van der Waals surface area (Å²) < 4.78 is 13.1. The quantitative estimate of drug-likeness (QED) is 0.395. The number of para-hydroxylation sites is 1. The highest BCUT2D eigenvalue weighted by Crippen LogP contribution is 2.36. The van der Waals surface area contributed by atoms with Gasteiger partial charge in [-0.1, -0.05) is 35.9 Å². The van der Waals surface area contributed by atoms with E-state index in [4.69, 9.17) is 21.1 Å². The Balaban J connectivity index is 1.42. The maximum atomic E-state index is 10.4. The van der Waals surface area contributed by atoms with Gasteiger partial charge in [-0.2, -0.15) is 5.26 Å². The number of ether oxygens (including phenoxy) is 2. The summed E-state index contributed by atoms with van der Waals surface area (Å²) in [6.07, 6.45) is 2.72. The van der Waals surface area contributed by atoms with Crippen LogP contribution >= 0.6 is 11.6 Å². The molecule has 1 atom stereocenters. The lowest BCUT2D eigenvalue weighted by atomic mass is 10.0. The van der Waals surface area contributed by atoms with Crippen LogP contribution in [0.15, 0.2) is 61.1 Å². The summed E-state index contributed by atoms with van der Waals surface area (Å²) in [5.41, 5.74) is 3.59. The molecule has 1 fully saturated rings. The van der Waals surface area contributed by atoms with E-state index in [1.165, 1.54) is 6.33 Å². The van der Waals surface area contributed by atoms with E-state index < -0.39 is 6.10 Å². The van der Waals surface area contributed by atoms with E-state index >= 15 is 0 Å². The van der Waals surface area contributed by atoms with Gasteiger partial charge in [0.15, 0.2) is 0 Å². The minimum absolute atomic E-state index is 0.0956. The smallest absolute Gasteiger partial charge is 0.150 e.